The smallest absolute Gasteiger partial charge is 0.128 e. The summed E-state index contributed by atoms with van der Waals surface area (Å²) in [7, 11) is 1.67. The van der Waals surface area contributed by atoms with Crippen molar-refractivity contribution in [2.45, 2.75) is 6.54 Å². The van der Waals surface area contributed by atoms with E-state index in [9.17, 15) is 0 Å². The Hall–Kier alpha value is -2.75. The highest BCUT2D eigenvalue weighted by Crippen LogP contribution is 2.31. The second kappa shape index (κ2) is 6.13. The fourth-order valence-corrected chi connectivity index (χ4v) is 2.23. The number of ether oxygens (including phenoxy) is 1. The lowest BCUT2D eigenvalue weighted by Crippen LogP contribution is -1.99. The van der Waals surface area contributed by atoms with Gasteiger partial charge in [0.25, 0.3) is 0 Å². The van der Waals surface area contributed by atoms with Crippen molar-refractivity contribution in [2.24, 2.45) is 0 Å². The number of imidazole rings is 1. The van der Waals surface area contributed by atoms with Gasteiger partial charge in [-0.3, -0.25) is 0 Å². The molecule has 3 aromatic rings. The number of rotatable bonds is 5. The number of H-pyrrole nitrogens is 1. The maximum absolute atomic E-state index is 5.41. The van der Waals surface area contributed by atoms with Gasteiger partial charge in [-0.25, -0.2) is 4.98 Å². The van der Waals surface area contributed by atoms with Crippen LogP contribution < -0.4 is 10.1 Å². The van der Waals surface area contributed by atoms with E-state index in [2.05, 4.69) is 33.5 Å². The maximum Gasteiger partial charge on any atom is 0.128 e. The first-order valence-electron chi connectivity index (χ1n) is 6.81. The van der Waals surface area contributed by atoms with Crippen LogP contribution in [-0.2, 0) is 6.54 Å². The average Bonchev–Trinajstić information content (AvgIpc) is 3.08. The van der Waals surface area contributed by atoms with Crippen LogP contribution in [0.4, 0.5) is 5.69 Å². The zero-order chi connectivity index (χ0) is 14.5. The van der Waals surface area contributed by atoms with Crippen molar-refractivity contribution in [3.05, 3.63) is 66.6 Å². The van der Waals surface area contributed by atoms with Gasteiger partial charge in [0.2, 0.25) is 0 Å². The Kier molecular flexibility index (Phi) is 3.87. The summed E-state index contributed by atoms with van der Waals surface area (Å²) in [6, 6.07) is 16.4. The summed E-state index contributed by atoms with van der Waals surface area (Å²) in [4.78, 5) is 7.18. The second-order valence-electron chi connectivity index (χ2n) is 4.72. The van der Waals surface area contributed by atoms with Crippen molar-refractivity contribution in [2.75, 3.05) is 12.4 Å². The van der Waals surface area contributed by atoms with Gasteiger partial charge in [-0.15, -0.1) is 0 Å². The van der Waals surface area contributed by atoms with Crippen molar-refractivity contribution in [3.8, 4) is 17.0 Å². The van der Waals surface area contributed by atoms with Crippen molar-refractivity contribution < 1.29 is 4.74 Å². The van der Waals surface area contributed by atoms with Crippen LogP contribution in [0.15, 0.2) is 61.1 Å². The summed E-state index contributed by atoms with van der Waals surface area (Å²) >= 11 is 0. The lowest BCUT2D eigenvalue weighted by atomic mass is 10.1. The molecule has 0 amide bonds. The zero-order valence-corrected chi connectivity index (χ0v) is 11.8. The van der Waals surface area contributed by atoms with Crippen LogP contribution in [0.3, 0.4) is 0 Å². The third-order valence-electron chi connectivity index (χ3n) is 3.33. The largest absolute Gasteiger partial charge is 0.496 e. The van der Waals surface area contributed by atoms with Gasteiger partial charge in [-0.2, -0.15) is 0 Å². The lowest BCUT2D eigenvalue weighted by molar-refractivity contribution is 0.416. The number of benzene rings is 2. The third-order valence-corrected chi connectivity index (χ3v) is 3.33. The van der Waals surface area contributed by atoms with Crippen molar-refractivity contribution >= 4 is 5.69 Å². The normalized spacial score (nSPS) is 10.3. The van der Waals surface area contributed by atoms with E-state index in [1.807, 2.05) is 30.3 Å². The molecule has 0 spiro atoms. The monoisotopic (exact) mass is 279 g/mol. The predicted molar refractivity (Wildman–Crippen MR) is 84.3 cm³/mol. The van der Waals surface area contributed by atoms with Crippen molar-refractivity contribution in [1.82, 2.24) is 9.97 Å². The summed E-state index contributed by atoms with van der Waals surface area (Å²) in [6.07, 6.45) is 3.46. The molecule has 1 aromatic heterocycles. The zero-order valence-electron chi connectivity index (χ0n) is 11.8. The van der Waals surface area contributed by atoms with Gasteiger partial charge in [-0.05, 0) is 23.8 Å². The van der Waals surface area contributed by atoms with Gasteiger partial charge in [0.05, 0.1) is 25.3 Å². The van der Waals surface area contributed by atoms with E-state index in [4.69, 9.17) is 4.74 Å². The fourth-order valence-electron chi connectivity index (χ4n) is 2.23. The van der Waals surface area contributed by atoms with E-state index >= 15 is 0 Å². The number of aromatic nitrogens is 2. The highest BCUT2D eigenvalue weighted by atomic mass is 16.5. The third kappa shape index (κ3) is 3.05. The molecular weight excluding hydrogens is 262 g/mol. The number of methoxy groups -OCH3 is 1. The molecule has 2 aromatic carbocycles. The first-order valence-corrected chi connectivity index (χ1v) is 6.81. The number of nitrogens with zero attached hydrogens (tertiary/aromatic N) is 1. The highest BCUT2D eigenvalue weighted by molar-refractivity contribution is 5.71. The minimum Gasteiger partial charge on any atom is -0.496 e. The minimum absolute atomic E-state index is 0.787. The van der Waals surface area contributed by atoms with Crippen LogP contribution in [0.5, 0.6) is 5.75 Å². The van der Waals surface area contributed by atoms with Gasteiger partial charge < -0.3 is 15.0 Å². The Bertz CT molecular complexity index is 693. The molecule has 1 heterocycles. The molecule has 0 aliphatic heterocycles. The molecule has 0 aliphatic rings. The van der Waals surface area contributed by atoms with Crippen molar-refractivity contribution in [1.29, 1.82) is 0 Å². The molecule has 0 fully saturated rings. The average molecular weight is 279 g/mol. The summed E-state index contributed by atoms with van der Waals surface area (Å²) in [6.45, 7) is 0.787. The molecule has 21 heavy (non-hydrogen) atoms. The molecule has 106 valence electrons. The Morgan fingerprint density at radius 1 is 1.14 bits per heavy atom. The van der Waals surface area contributed by atoms with E-state index in [1.165, 1.54) is 5.56 Å². The Morgan fingerprint density at radius 3 is 2.71 bits per heavy atom. The molecule has 0 atom stereocenters. The van der Waals surface area contributed by atoms with Crippen LogP contribution in [0.1, 0.15) is 5.56 Å². The summed E-state index contributed by atoms with van der Waals surface area (Å²) in [5.41, 5.74) is 4.23. The number of hydrogen-bond acceptors (Lipinski definition) is 3. The van der Waals surface area contributed by atoms with Gasteiger partial charge >= 0.3 is 0 Å². The number of anilines is 1. The summed E-state index contributed by atoms with van der Waals surface area (Å²) < 4.78 is 5.41. The van der Waals surface area contributed by atoms with Crippen LogP contribution in [0, 0.1) is 0 Å². The summed E-state index contributed by atoms with van der Waals surface area (Å²) in [5, 5.41) is 3.42. The van der Waals surface area contributed by atoms with E-state index in [0.29, 0.717) is 0 Å². The first-order chi connectivity index (χ1) is 10.4. The molecule has 0 bridgehead atoms. The number of nitrogens with one attached hydrogen (secondary N) is 2. The standard InChI is InChI=1S/C17H17N3O/c1-21-17-8-7-14(9-15(17)16-11-18-12-20-16)19-10-13-5-3-2-4-6-13/h2-9,11-12,19H,10H2,1H3,(H,18,20). The molecule has 2 N–H and O–H groups in total. The topological polar surface area (TPSA) is 49.9 Å². The predicted octanol–water partition coefficient (Wildman–Crippen LogP) is 3.70. The van der Waals surface area contributed by atoms with Gasteiger partial charge in [-0.1, -0.05) is 30.3 Å². The van der Waals surface area contributed by atoms with E-state index in [1.54, 1.807) is 19.6 Å². The molecule has 4 nitrogen and oxygen atoms in total. The molecule has 0 saturated carbocycles. The van der Waals surface area contributed by atoms with E-state index < -0.39 is 0 Å². The van der Waals surface area contributed by atoms with Gasteiger partial charge in [0, 0.05) is 17.8 Å². The molecule has 0 saturated heterocycles. The Morgan fingerprint density at radius 2 is 2.00 bits per heavy atom. The second-order valence-corrected chi connectivity index (χ2v) is 4.72. The molecule has 0 radical (unpaired) electrons. The van der Waals surface area contributed by atoms with Crippen LogP contribution >= 0.6 is 0 Å². The van der Waals surface area contributed by atoms with Crippen LogP contribution in [0.25, 0.3) is 11.3 Å². The van der Waals surface area contributed by atoms with E-state index in [0.717, 1.165) is 29.2 Å². The SMILES string of the molecule is COc1ccc(NCc2ccccc2)cc1-c1cnc[nH]1. The van der Waals surface area contributed by atoms with Crippen LogP contribution in [0.2, 0.25) is 0 Å². The Labute approximate surface area is 123 Å². The molecule has 4 heteroatoms. The first kappa shape index (κ1) is 13.2. The van der Waals surface area contributed by atoms with Crippen molar-refractivity contribution in [3.63, 3.8) is 0 Å². The lowest BCUT2D eigenvalue weighted by Gasteiger charge is -2.11. The van der Waals surface area contributed by atoms with Crippen LogP contribution in [-0.4, -0.2) is 17.1 Å². The molecule has 3 rings (SSSR count). The summed E-state index contributed by atoms with van der Waals surface area (Å²) in [5.74, 6) is 0.824. The molecular formula is C17H17N3O. The maximum atomic E-state index is 5.41. The Balaban J connectivity index is 1.82. The van der Waals surface area contributed by atoms with E-state index in [-0.39, 0.29) is 0 Å². The number of hydrogen-bond donors (Lipinski definition) is 2. The highest BCUT2D eigenvalue weighted by Gasteiger charge is 2.08. The quantitative estimate of drug-likeness (QED) is 0.748. The van der Waals surface area contributed by atoms with Gasteiger partial charge in [0.1, 0.15) is 5.75 Å². The minimum atomic E-state index is 0.787. The van der Waals surface area contributed by atoms with Gasteiger partial charge in [0.15, 0.2) is 0 Å². The number of aromatic amines is 1. The molecule has 0 unspecified atom stereocenters. The fraction of sp³-hybridized carbons (Fsp3) is 0.118. The molecule has 0 aliphatic carbocycles.